The summed E-state index contributed by atoms with van der Waals surface area (Å²) in [7, 11) is 0. The number of aromatic amines is 1. The van der Waals surface area contributed by atoms with Gasteiger partial charge in [-0.15, -0.1) is 0 Å². The van der Waals surface area contributed by atoms with Crippen LogP contribution >= 0.6 is 22.6 Å². The average molecular weight is 333 g/mol. The van der Waals surface area contributed by atoms with Gasteiger partial charge in [-0.3, -0.25) is 5.10 Å². The lowest BCUT2D eigenvalue weighted by Gasteiger charge is -2.03. The van der Waals surface area contributed by atoms with Gasteiger partial charge in [0.05, 0.1) is 6.20 Å². The van der Waals surface area contributed by atoms with Crippen molar-refractivity contribution in [2.45, 2.75) is 12.8 Å². The lowest BCUT2D eigenvalue weighted by Crippen LogP contribution is -2.04. The molecule has 0 radical (unpaired) electrons. The van der Waals surface area contributed by atoms with E-state index in [-0.39, 0.29) is 6.61 Å². The lowest BCUT2D eigenvalue weighted by atomic mass is 10.3. The van der Waals surface area contributed by atoms with Crippen molar-refractivity contribution in [2.75, 3.05) is 18.5 Å². The fraction of sp³-hybridized carbons (Fsp3) is 0.444. The second-order valence-electron chi connectivity index (χ2n) is 3.32. The molecule has 16 heavy (non-hydrogen) atoms. The van der Waals surface area contributed by atoms with Gasteiger partial charge >= 0.3 is 0 Å². The molecule has 2 aromatic heterocycles. The number of H-pyrrole nitrogens is 1. The van der Waals surface area contributed by atoms with Crippen molar-refractivity contribution < 1.29 is 5.11 Å². The molecule has 0 fully saturated rings. The van der Waals surface area contributed by atoms with Gasteiger partial charge in [0.15, 0.2) is 0 Å². The minimum atomic E-state index is 0.226. The molecule has 0 unspecified atom stereocenters. The summed E-state index contributed by atoms with van der Waals surface area (Å²) in [5.41, 5.74) is 1.41. The predicted octanol–water partition coefficient (Wildman–Crippen LogP) is 1.14. The van der Waals surface area contributed by atoms with Crippen molar-refractivity contribution in [1.82, 2.24) is 20.2 Å². The molecule has 0 aliphatic carbocycles. The van der Waals surface area contributed by atoms with Gasteiger partial charge in [0.25, 0.3) is 0 Å². The molecule has 2 aromatic rings. The highest BCUT2D eigenvalue weighted by molar-refractivity contribution is 14.1. The van der Waals surface area contributed by atoms with Gasteiger partial charge in [0, 0.05) is 13.2 Å². The molecule has 0 spiro atoms. The van der Waals surface area contributed by atoms with Crippen LogP contribution in [-0.2, 0) is 0 Å². The Morgan fingerprint density at radius 2 is 2.31 bits per heavy atom. The summed E-state index contributed by atoms with van der Waals surface area (Å²) in [5, 5.41) is 18.6. The van der Waals surface area contributed by atoms with Crippen molar-refractivity contribution in [3.63, 3.8) is 0 Å². The molecule has 0 aliphatic heterocycles. The van der Waals surface area contributed by atoms with E-state index in [0.717, 1.165) is 28.6 Å². The summed E-state index contributed by atoms with van der Waals surface area (Å²) in [4.78, 5) is 8.57. The predicted molar refractivity (Wildman–Crippen MR) is 69.2 cm³/mol. The second kappa shape index (κ2) is 5.39. The zero-order valence-corrected chi connectivity index (χ0v) is 10.7. The van der Waals surface area contributed by atoms with Crippen LogP contribution < -0.4 is 5.32 Å². The summed E-state index contributed by atoms with van der Waals surface area (Å²) in [5.74, 6) is 0.716. The number of aliphatic hydroxyl groups is 1. The van der Waals surface area contributed by atoms with E-state index in [4.69, 9.17) is 5.11 Å². The van der Waals surface area contributed by atoms with Gasteiger partial charge in [-0.05, 0) is 35.4 Å². The highest BCUT2D eigenvalue weighted by Gasteiger charge is 2.05. The highest BCUT2D eigenvalue weighted by atomic mass is 127. The van der Waals surface area contributed by atoms with Crippen LogP contribution in [0.5, 0.6) is 0 Å². The van der Waals surface area contributed by atoms with Gasteiger partial charge in [-0.25, -0.2) is 9.97 Å². The topological polar surface area (TPSA) is 86.7 Å². The molecule has 6 nitrogen and oxygen atoms in total. The third-order valence-corrected chi connectivity index (χ3v) is 2.87. The van der Waals surface area contributed by atoms with Crippen LogP contribution in [0.1, 0.15) is 12.8 Å². The smallest absolute Gasteiger partial charge is 0.202 e. The average Bonchev–Trinajstić information content (AvgIpc) is 2.66. The lowest BCUT2D eigenvalue weighted by molar-refractivity contribution is 0.286. The fourth-order valence-corrected chi connectivity index (χ4v) is 1.81. The van der Waals surface area contributed by atoms with Crippen molar-refractivity contribution in [2.24, 2.45) is 0 Å². The molecule has 0 saturated heterocycles. The number of halogens is 1. The summed E-state index contributed by atoms with van der Waals surface area (Å²) < 4.78 is 0.895. The number of fused-ring (bicyclic) bond motifs is 1. The summed E-state index contributed by atoms with van der Waals surface area (Å²) in [6.07, 6.45) is 3.40. The molecule has 0 saturated carbocycles. The molecule has 86 valence electrons. The molecule has 0 aliphatic rings. The second-order valence-corrected chi connectivity index (χ2v) is 4.40. The van der Waals surface area contributed by atoms with Crippen molar-refractivity contribution >= 4 is 39.6 Å². The van der Waals surface area contributed by atoms with Gasteiger partial charge in [-0.2, -0.15) is 5.10 Å². The third kappa shape index (κ3) is 2.59. The molecule has 0 aromatic carbocycles. The standard InChI is InChI=1S/C9H12IN5O/c10-8-7-9(15-14-8)13-6(5-12-7)11-3-1-2-4-16/h5,16H,1-4H2,(H2,11,13,14,15). The first-order valence-electron chi connectivity index (χ1n) is 5.02. The maximum absolute atomic E-state index is 8.64. The highest BCUT2D eigenvalue weighted by Crippen LogP contribution is 2.14. The quantitative estimate of drug-likeness (QED) is 0.564. The number of hydrogen-bond donors (Lipinski definition) is 3. The Kier molecular flexibility index (Phi) is 3.88. The summed E-state index contributed by atoms with van der Waals surface area (Å²) in [6, 6.07) is 0. The first-order chi connectivity index (χ1) is 7.81. The maximum Gasteiger partial charge on any atom is 0.202 e. The first-order valence-corrected chi connectivity index (χ1v) is 6.10. The summed E-state index contributed by atoms with van der Waals surface area (Å²) >= 11 is 2.14. The van der Waals surface area contributed by atoms with E-state index in [9.17, 15) is 0 Å². The van der Waals surface area contributed by atoms with Crippen LogP contribution in [0.25, 0.3) is 11.2 Å². The molecule has 7 heteroatoms. The number of aromatic nitrogens is 4. The van der Waals surface area contributed by atoms with E-state index in [0.29, 0.717) is 11.5 Å². The number of aliphatic hydroxyl groups excluding tert-OH is 1. The van der Waals surface area contributed by atoms with E-state index in [1.807, 2.05) is 0 Å². The van der Waals surface area contributed by atoms with Crippen LogP contribution in [0, 0.1) is 3.70 Å². The van der Waals surface area contributed by atoms with Gasteiger partial charge in [-0.1, -0.05) is 0 Å². The van der Waals surface area contributed by atoms with E-state index >= 15 is 0 Å². The van der Waals surface area contributed by atoms with E-state index in [1.54, 1.807) is 6.20 Å². The number of hydrogen-bond acceptors (Lipinski definition) is 5. The Morgan fingerprint density at radius 3 is 3.12 bits per heavy atom. The number of unbranched alkanes of at least 4 members (excludes halogenated alkanes) is 1. The number of rotatable bonds is 5. The SMILES string of the molecule is OCCCCNc1cnc2c(I)[nH]nc2n1. The maximum atomic E-state index is 8.64. The Hall–Kier alpha value is -0.960. The van der Waals surface area contributed by atoms with Crippen molar-refractivity contribution in [3.05, 3.63) is 9.90 Å². The molecule has 2 rings (SSSR count). The van der Waals surface area contributed by atoms with Crippen LogP contribution in [0.15, 0.2) is 6.20 Å². The third-order valence-electron chi connectivity index (χ3n) is 2.11. The van der Waals surface area contributed by atoms with Crippen LogP contribution in [0.4, 0.5) is 5.82 Å². The Balaban J connectivity index is 2.02. The zero-order valence-electron chi connectivity index (χ0n) is 8.57. The molecule has 2 heterocycles. The first kappa shape index (κ1) is 11.5. The number of anilines is 1. The number of nitrogens with one attached hydrogen (secondary N) is 2. The normalized spacial score (nSPS) is 10.9. The fourth-order valence-electron chi connectivity index (χ4n) is 1.31. The number of nitrogens with zero attached hydrogens (tertiary/aromatic N) is 3. The molecule has 0 atom stereocenters. The monoisotopic (exact) mass is 333 g/mol. The van der Waals surface area contributed by atoms with E-state index in [2.05, 4.69) is 48.1 Å². The van der Waals surface area contributed by atoms with E-state index in [1.165, 1.54) is 0 Å². The van der Waals surface area contributed by atoms with E-state index < -0.39 is 0 Å². The molecule has 0 amide bonds. The summed E-state index contributed by atoms with van der Waals surface area (Å²) in [6.45, 7) is 1.01. The van der Waals surface area contributed by atoms with Crippen molar-refractivity contribution in [3.8, 4) is 0 Å². The van der Waals surface area contributed by atoms with Crippen LogP contribution in [0.3, 0.4) is 0 Å². The molecular weight excluding hydrogens is 321 g/mol. The molecular formula is C9H12IN5O. The zero-order chi connectivity index (χ0) is 11.4. The van der Waals surface area contributed by atoms with Gasteiger partial charge in [0.2, 0.25) is 5.65 Å². The van der Waals surface area contributed by atoms with Crippen molar-refractivity contribution in [1.29, 1.82) is 0 Å². The minimum Gasteiger partial charge on any atom is -0.396 e. The van der Waals surface area contributed by atoms with Gasteiger partial charge in [0.1, 0.15) is 15.0 Å². The Morgan fingerprint density at radius 1 is 1.44 bits per heavy atom. The van der Waals surface area contributed by atoms with Crippen LogP contribution in [0.2, 0.25) is 0 Å². The largest absolute Gasteiger partial charge is 0.396 e. The Labute approximate surface area is 106 Å². The Bertz CT molecular complexity index is 472. The molecule has 3 N–H and O–H groups in total. The minimum absolute atomic E-state index is 0.226. The van der Waals surface area contributed by atoms with Gasteiger partial charge < -0.3 is 10.4 Å². The van der Waals surface area contributed by atoms with Crippen LogP contribution in [-0.4, -0.2) is 38.4 Å². The molecule has 0 bridgehead atoms.